The number of carbonyl (C=O) groups excluding carboxylic acids is 1. The topological polar surface area (TPSA) is 71.2 Å². The van der Waals surface area contributed by atoms with E-state index >= 15 is 0 Å². The molecule has 6 heteroatoms. The number of rotatable bonds is 3. The average Bonchev–Trinajstić information content (AvgIpc) is 2.82. The van der Waals surface area contributed by atoms with Crippen molar-refractivity contribution in [3.63, 3.8) is 0 Å². The summed E-state index contributed by atoms with van der Waals surface area (Å²) >= 11 is 1.52. The molecule has 3 N–H and O–H groups in total. The first kappa shape index (κ1) is 14.4. The molecule has 0 unspecified atom stereocenters. The standard InChI is InChI=1S/C15H20N4OS/c1-10-2-3-12-13(8-10)21-15(17-12)18-14(20)9-19-6-4-11(16)5-7-19/h2-3,8,11H,4-7,9,16H2,1H3,(H,17,18,20). The molecule has 112 valence electrons. The average molecular weight is 304 g/mol. The summed E-state index contributed by atoms with van der Waals surface area (Å²) in [6.07, 6.45) is 1.93. The number of thiazole rings is 1. The number of amides is 1. The number of aromatic nitrogens is 1. The number of benzene rings is 1. The van der Waals surface area contributed by atoms with Crippen LogP contribution in [0.25, 0.3) is 10.2 Å². The monoisotopic (exact) mass is 304 g/mol. The van der Waals surface area contributed by atoms with Crippen LogP contribution < -0.4 is 11.1 Å². The summed E-state index contributed by atoms with van der Waals surface area (Å²) in [4.78, 5) is 18.7. The number of likely N-dealkylation sites (tertiary alicyclic amines) is 1. The summed E-state index contributed by atoms with van der Waals surface area (Å²) < 4.78 is 1.11. The molecule has 0 aliphatic carbocycles. The van der Waals surface area contributed by atoms with E-state index in [9.17, 15) is 4.79 Å². The van der Waals surface area contributed by atoms with Crippen molar-refractivity contribution in [1.82, 2.24) is 9.88 Å². The highest BCUT2D eigenvalue weighted by molar-refractivity contribution is 7.22. The Morgan fingerprint density at radius 3 is 3.00 bits per heavy atom. The van der Waals surface area contributed by atoms with Gasteiger partial charge < -0.3 is 11.1 Å². The first-order valence-electron chi connectivity index (χ1n) is 7.25. The molecule has 2 aromatic rings. The van der Waals surface area contributed by atoms with E-state index in [4.69, 9.17) is 5.73 Å². The Balaban J connectivity index is 1.60. The van der Waals surface area contributed by atoms with Gasteiger partial charge in [0.05, 0.1) is 16.8 Å². The van der Waals surface area contributed by atoms with E-state index in [-0.39, 0.29) is 11.9 Å². The van der Waals surface area contributed by atoms with E-state index in [1.165, 1.54) is 16.9 Å². The van der Waals surface area contributed by atoms with Gasteiger partial charge in [0.1, 0.15) is 0 Å². The van der Waals surface area contributed by atoms with Gasteiger partial charge in [0, 0.05) is 19.1 Å². The van der Waals surface area contributed by atoms with Gasteiger partial charge in [0.2, 0.25) is 5.91 Å². The summed E-state index contributed by atoms with van der Waals surface area (Å²) in [5.41, 5.74) is 8.01. The van der Waals surface area contributed by atoms with Gasteiger partial charge in [-0.05, 0) is 37.5 Å². The number of aryl methyl sites for hydroxylation is 1. The van der Waals surface area contributed by atoms with Crippen LogP contribution in [0.15, 0.2) is 18.2 Å². The second kappa shape index (κ2) is 6.09. The highest BCUT2D eigenvalue weighted by Gasteiger charge is 2.18. The van der Waals surface area contributed by atoms with E-state index in [1.807, 2.05) is 12.1 Å². The van der Waals surface area contributed by atoms with Crippen molar-refractivity contribution >= 4 is 32.6 Å². The van der Waals surface area contributed by atoms with Crippen molar-refractivity contribution in [3.05, 3.63) is 23.8 Å². The predicted octanol–water partition coefficient (Wildman–Crippen LogP) is 1.97. The molecule has 1 aliphatic rings. The normalized spacial score (nSPS) is 17.2. The fourth-order valence-electron chi connectivity index (χ4n) is 2.56. The highest BCUT2D eigenvalue weighted by Crippen LogP contribution is 2.26. The van der Waals surface area contributed by atoms with Crippen LogP contribution in [0.5, 0.6) is 0 Å². The third-order valence-corrected chi connectivity index (χ3v) is 4.72. The van der Waals surface area contributed by atoms with Crippen molar-refractivity contribution in [2.45, 2.75) is 25.8 Å². The largest absolute Gasteiger partial charge is 0.328 e. The second-order valence-corrected chi connectivity index (χ2v) is 6.68. The third-order valence-electron chi connectivity index (χ3n) is 3.79. The van der Waals surface area contributed by atoms with Crippen LogP contribution in [0.4, 0.5) is 5.13 Å². The lowest BCUT2D eigenvalue weighted by Crippen LogP contribution is -2.43. The van der Waals surface area contributed by atoms with Gasteiger partial charge in [-0.1, -0.05) is 17.4 Å². The van der Waals surface area contributed by atoms with E-state index < -0.39 is 0 Å². The molecule has 3 rings (SSSR count). The van der Waals surface area contributed by atoms with Gasteiger partial charge in [-0.2, -0.15) is 0 Å². The molecular weight excluding hydrogens is 284 g/mol. The molecule has 5 nitrogen and oxygen atoms in total. The Hall–Kier alpha value is -1.50. The maximum Gasteiger partial charge on any atom is 0.240 e. The number of fused-ring (bicyclic) bond motifs is 1. The van der Waals surface area contributed by atoms with Gasteiger partial charge in [-0.3, -0.25) is 9.69 Å². The number of hydrogen-bond acceptors (Lipinski definition) is 5. The Morgan fingerprint density at radius 1 is 1.48 bits per heavy atom. The van der Waals surface area contributed by atoms with Crippen molar-refractivity contribution < 1.29 is 4.79 Å². The number of piperidine rings is 1. The third kappa shape index (κ3) is 3.58. The SMILES string of the molecule is Cc1ccc2nc(NC(=O)CN3CCC(N)CC3)sc2c1. The second-order valence-electron chi connectivity index (χ2n) is 5.65. The van der Waals surface area contributed by atoms with E-state index in [0.29, 0.717) is 11.7 Å². The van der Waals surface area contributed by atoms with Crippen LogP contribution >= 0.6 is 11.3 Å². The van der Waals surface area contributed by atoms with Crippen LogP contribution in [0, 0.1) is 6.92 Å². The summed E-state index contributed by atoms with van der Waals surface area (Å²) in [6, 6.07) is 6.40. The van der Waals surface area contributed by atoms with Crippen molar-refractivity contribution in [3.8, 4) is 0 Å². The minimum Gasteiger partial charge on any atom is -0.328 e. The molecule has 1 aromatic carbocycles. The van der Waals surface area contributed by atoms with Gasteiger partial charge in [-0.15, -0.1) is 0 Å². The van der Waals surface area contributed by atoms with Crippen molar-refractivity contribution in [2.24, 2.45) is 5.73 Å². The molecule has 1 aromatic heterocycles. The Kier molecular flexibility index (Phi) is 4.19. The van der Waals surface area contributed by atoms with Crippen molar-refractivity contribution in [1.29, 1.82) is 0 Å². The fourth-order valence-corrected chi connectivity index (χ4v) is 3.54. The number of carbonyl (C=O) groups is 1. The molecule has 0 atom stereocenters. The zero-order valence-corrected chi connectivity index (χ0v) is 12.9. The molecule has 1 amide bonds. The first-order chi connectivity index (χ1) is 10.1. The van der Waals surface area contributed by atoms with Crippen LogP contribution in [-0.2, 0) is 4.79 Å². The van der Waals surface area contributed by atoms with E-state index in [1.54, 1.807) is 0 Å². The predicted molar refractivity (Wildman–Crippen MR) is 86.6 cm³/mol. The summed E-state index contributed by atoms with van der Waals surface area (Å²) in [7, 11) is 0. The first-order valence-corrected chi connectivity index (χ1v) is 8.07. The number of hydrogen-bond donors (Lipinski definition) is 2. The minimum atomic E-state index is 0.00116. The fraction of sp³-hybridized carbons (Fsp3) is 0.467. The number of nitrogens with one attached hydrogen (secondary N) is 1. The van der Waals surface area contributed by atoms with Crippen LogP contribution in [0.2, 0.25) is 0 Å². The van der Waals surface area contributed by atoms with Gasteiger partial charge in [0.15, 0.2) is 5.13 Å². The summed E-state index contributed by atoms with van der Waals surface area (Å²) in [6.45, 7) is 4.27. The number of nitrogens with two attached hydrogens (primary N) is 1. The van der Waals surface area contributed by atoms with Crippen LogP contribution in [-0.4, -0.2) is 41.5 Å². The Labute approximate surface area is 128 Å². The summed E-state index contributed by atoms with van der Waals surface area (Å²) in [5, 5.41) is 3.58. The van der Waals surface area contributed by atoms with E-state index in [0.717, 1.165) is 36.1 Å². The molecule has 2 heterocycles. The number of nitrogens with zero attached hydrogens (tertiary/aromatic N) is 2. The molecular formula is C15H20N4OS. The van der Waals surface area contributed by atoms with Gasteiger partial charge in [0.25, 0.3) is 0 Å². The molecule has 0 saturated carbocycles. The van der Waals surface area contributed by atoms with Gasteiger partial charge in [-0.25, -0.2) is 4.98 Å². The molecule has 0 radical (unpaired) electrons. The lowest BCUT2D eigenvalue weighted by atomic mass is 10.1. The summed E-state index contributed by atoms with van der Waals surface area (Å²) in [5.74, 6) is 0.00116. The molecule has 0 bridgehead atoms. The molecule has 1 fully saturated rings. The van der Waals surface area contributed by atoms with Crippen molar-refractivity contribution in [2.75, 3.05) is 25.0 Å². The molecule has 1 saturated heterocycles. The molecule has 21 heavy (non-hydrogen) atoms. The maximum atomic E-state index is 12.1. The number of anilines is 1. The highest BCUT2D eigenvalue weighted by atomic mass is 32.1. The molecule has 0 spiro atoms. The maximum absolute atomic E-state index is 12.1. The van der Waals surface area contributed by atoms with Crippen LogP contribution in [0.1, 0.15) is 18.4 Å². The Bertz CT molecular complexity index is 646. The van der Waals surface area contributed by atoms with Crippen LogP contribution in [0.3, 0.4) is 0 Å². The quantitative estimate of drug-likeness (QED) is 0.909. The minimum absolute atomic E-state index is 0.00116. The lowest BCUT2D eigenvalue weighted by molar-refractivity contribution is -0.117. The lowest BCUT2D eigenvalue weighted by Gasteiger charge is -2.29. The zero-order chi connectivity index (χ0) is 14.8. The smallest absolute Gasteiger partial charge is 0.240 e. The zero-order valence-electron chi connectivity index (χ0n) is 12.1. The van der Waals surface area contributed by atoms with Gasteiger partial charge >= 0.3 is 0 Å². The Morgan fingerprint density at radius 2 is 2.24 bits per heavy atom. The van der Waals surface area contributed by atoms with E-state index in [2.05, 4.69) is 28.2 Å². The molecule has 1 aliphatic heterocycles.